The summed E-state index contributed by atoms with van der Waals surface area (Å²) in [5, 5.41) is 9.44. The first kappa shape index (κ1) is 11.6. The number of nitrogens with two attached hydrogens (primary N) is 1. The fourth-order valence-electron chi connectivity index (χ4n) is 2.41. The Balaban J connectivity index is 2.26. The molecule has 1 aliphatic rings. The lowest BCUT2D eigenvalue weighted by atomic mass is 9.63. The van der Waals surface area contributed by atoms with Crippen LogP contribution in [0, 0.1) is 18.2 Å². The van der Waals surface area contributed by atoms with Gasteiger partial charge in [-0.25, -0.2) is 4.39 Å². The van der Waals surface area contributed by atoms with Crippen molar-refractivity contribution in [3.05, 3.63) is 35.1 Å². The number of aryl methyl sites for hydroxylation is 1. The molecule has 1 aliphatic carbocycles. The van der Waals surface area contributed by atoms with Crippen molar-refractivity contribution < 1.29 is 9.50 Å². The van der Waals surface area contributed by atoms with Gasteiger partial charge in [-0.1, -0.05) is 18.6 Å². The number of rotatable bonds is 3. The summed E-state index contributed by atoms with van der Waals surface area (Å²) in [6.07, 6.45) is 3.04. The van der Waals surface area contributed by atoms with E-state index in [4.69, 9.17) is 5.73 Å². The van der Waals surface area contributed by atoms with Crippen LogP contribution in [-0.4, -0.2) is 11.7 Å². The summed E-state index contributed by atoms with van der Waals surface area (Å²) in [5.41, 5.74) is 7.54. The number of halogens is 1. The highest BCUT2D eigenvalue weighted by molar-refractivity contribution is 5.28. The molecule has 0 heterocycles. The van der Waals surface area contributed by atoms with Crippen LogP contribution in [0.4, 0.5) is 4.39 Å². The largest absolute Gasteiger partial charge is 0.396 e. The number of benzene rings is 1. The second-order valence-corrected chi connectivity index (χ2v) is 4.86. The summed E-state index contributed by atoms with van der Waals surface area (Å²) in [5.74, 6) is -0.206. The first-order valence-corrected chi connectivity index (χ1v) is 5.71. The first-order valence-electron chi connectivity index (χ1n) is 5.71. The van der Waals surface area contributed by atoms with Gasteiger partial charge in [-0.05, 0) is 37.0 Å². The Bertz CT molecular complexity index is 382. The molecule has 16 heavy (non-hydrogen) atoms. The van der Waals surface area contributed by atoms with Crippen molar-refractivity contribution in [3.8, 4) is 0 Å². The topological polar surface area (TPSA) is 46.2 Å². The van der Waals surface area contributed by atoms with Crippen molar-refractivity contribution in [1.82, 2.24) is 0 Å². The van der Waals surface area contributed by atoms with Crippen molar-refractivity contribution in [2.75, 3.05) is 6.61 Å². The van der Waals surface area contributed by atoms with Crippen LogP contribution in [-0.2, 0) is 0 Å². The van der Waals surface area contributed by atoms with Gasteiger partial charge in [0.15, 0.2) is 0 Å². The predicted molar refractivity (Wildman–Crippen MR) is 61.4 cm³/mol. The molecule has 0 aromatic heterocycles. The van der Waals surface area contributed by atoms with Crippen LogP contribution in [0.25, 0.3) is 0 Å². The molecule has 2 nitrogen and oxygen atoms in total. The molecular formula is C13H18FNO. The molecule has 0 saturated heterocycles. The highest BCUT2D eigenvalue weighted by Crippen LogP contribution is 2.48. The molecule has 88 valence electrons. The Hall–Kier alpha value is -0.930. The summed E-state index contributed by atoms with van der Waals surface area (Å²) in [6, 6.07) is 4.78. The van der Waals surface area contributed by atoms with E-state index in [9.17, 15) is 9.50 Å². The van der Waals surface area contributed by atoms with E-state index in [1.54, 1.807) is 19.1 Å². The zero-order chi connectivity index (χ0) is 11.8. The van der Waals surface area contributed by atoms with Gasteiger partial charge in [0.2, 0.25) is 0 Å². The molecule has 0 amide bonds. The van der Waals surface area contributed by atoms with Gasteiger partial charge in [-0.3, -0.25) is 0 Å². The molecule has 1 saturated carbocycles. The molecular weight excluding hydrogens is 205 g/mol. The van der Waals surface area contributed by atoms with E-state index in [0.717, 1.165) is 24.8 Å². The Morgan fingerprint density at radius 3 is 2.62 bits per heavy atom. The molecule has 3 heteroatoms. The molecule has 1 aromatic carbocycles. The summed E-state index contributed by atoms with van der Waals surface area (Å²) in [6.45, 7) is 1.85. The van der Waals surface area contributed by atoms with Crippen molar-refractivity contribution >= 4 is 0 Å². The number of aliphatic hydroxyl groups is 1. The first-order chi connectivity index (χ1) is 7.59. The van der Waals surface area contributed by atoms with Crippen molar-refractivity contribution in [2.45, 2.75) is 32.2 Å². The number of hydrogen-bond acceptors (Lipinski definition) is 2. The van der Waals surface area contributed by atoms with Crippen LogP contribution >= 0.6 is 0 Å². The van der Waals surface area contributed by atoms with Gasteiger partial charge in [0.05, 0.1) is 6.61 Å². The lowest BCUT2D eigenvalue weighted by Gasteiger charge is -2.45. The normalized spacial score (nSPS) is 20.2. The van der Waals surface area contributed by atoms with Crippen LogP contribution in [0.5, 0.6) is 0 Å². The molecule has 1 atom stereocenters. The van der Waals surface area contributed by atoms with Crippen LogP contribution in [0.15, 0.2) is 18.2 Å². The maximum atomic E-state index is 13.1. The second-order valence-electron chi connectivity index (χ2n) is 4.86. The Kier molecular flexibility index (Phi) is 3.00. The van der Waals surface area contributed by atoms with Crippen LogP contribution < -0.4 is 5.73 Å². The standard InChI is InChI=1S/C13H18FNO/c1-9-7-10(3-4-11(9)14)12(15)13(8-16)5-2-6-13/h3-4,7,12,16H,2,5-6,8,15H2,1H3. The Morgan fingerprint density at radius 1 is 1.50 bits per heavy atom. The summed E-state index contributed by atoms with van der Waals surface area (Å²) < 4.78 is 13.1. The lowest BCUT2D eigenvalue weighted by Crippen LogP contribution is -2.43. The molecule has 1 aromatic rings. The fraction of sp³-hybridized carbons (Fsp3) is 0.538. The van der Waals surface area contributed by atoms with E-state index in [-0.39, 0.29) is 23.9 Å². The van der Waals surface area contributed by atoms with Gasteiger partial charge in [0.1, 0.15) is 5.82 Å². The van der Waals surface area contributed by atoms with Gasteiger partial charge in [-0.2, -0.15) is 0 Å². The molecule has 0 radical (unpaired) electrons. The molecule has 0 spiro atoms. The highest BCUT2D eigenvalue weighted by atomic mass is 19.1. The van der Waals surface area contributed by atoms with Crippen LogP contribution in [0.1, 0.15) is 36.4 Å². The molecule has 1 fully saturated rings. The van der Waals surface area contributed by atoms with Gasteiger partial charge in [0.25, 0.3) is 0 Å². The maximum Gasteiger partial charge on any atom is 0.126 e. The average Bonchev–Trinajstić information content (AvgIpc) is 2.21. The third-order valence-electron chi connectivity index (χ3n) is 3.87. The third-order valence-corrected chi connectivity index (χ3v) is 3.87. The van der Waals surface area contributed by atoms with Crippen LogP contribution in [0.2, 0.25) is 0 Å². The predicted octanol–water partition coefficient (Wildman–Crippen LogP) is 2.30. The van der Waals surface area contributed by atoms with E-state index < -0.39 is 0 Å². The second kappa shape index (κ2) is 4.15. The van der Waals surface area contributed by atoms with Gasteiger partial charge < -0.3 is 10.8 Å². The van der Waals surface area contributed by atoms with Crippen molar-refractivity contribution in [3.63, 3.8) is 0 Å². The zero-order valence-electron chi connectivity index (χ0n) is 9.54. The quantitative estimate of drug-likeness (QED) is 0.826. The summed E-state index contributed by atoms with van der Waals surface area (Å²) in [7, 11) is 0. The highest BCUT2D eigenvalue weighted by Gasteiger charge is 2.42. The monoisotopic (exact) mass is 223 g/mol. The van der Waals surface area contributed by atoms with E-state index in [0.29, 0.717) is 5.56 Å². The summed E-state index contributed by atoms with van der Waals surface area (Å²) >= 11 is 0. The maximum absolute atomic E-state index is 13.1. The van der Waals surface area contributed by atoms with Crippen molar-refractivity contribution in [2.24, 2.45) is 11.1 Å². The third kappa shape index (κ3) is 1.74. The fourth-order valence-corrected chi connectivity index (χ4v) is 2.41. The molecule has 2 rings (SSSR count). The SMILES string of the molecule is Cc1cc(C(N)C2(CO)CCC2)ccc1F. The van der Waals surface area contributed by atoms with E-state index in [1.165, 1.54) is 6.07 Å². The zero-order valence-corrected chi connectivity index (χ0v) is 9.54. The van der Waals surface area contributed by atoms with E-state index >= 15 is 0 Å². The smallest absolute Gasteiger partial charge is 0.126 e. The minimum Gasteiger partial charge on any atom is -0.396 e. The van der Waals surface area contributed by atoms with E-state index in [2.05, 4.69) is 0 Å². The summed E-state index contributed by atoms with van der Waals surface area (Å²) in [4.78, 5) is 0. The molecule has 0 bridgehead atoms. The van der Waals surface area contributed by atoms with E-state index in [1.807, 2.05) is 0 Å². The lowest BCUT2D eigenvalue weighted by molar-refractivity contribution is 0.0184. The Morgan fingerprint density at radius 2 is 2.19 bits per heavy atom. The molecule has 1 unspecified atom stereocenters. The Labute approximate surface area is 95.3 Å². The van der Waals surface area contributed by atoms with Crippen LogP contribution in [0.3, 0.4) is 0 Å². The minimum absolute atomic E-state index is 0.116. The molecule has 3 N–H and O–H groups in total. The van der Waals surface area contributed by atoms with Gasteiger partial charge in [0, 0.05) is 11.5 Å². The van der Waals surface area contributed by atoms with Gasteiger partial charge >= 0.3 is 0 Å². The number of aliphatic hydroxyl groups excluding tert-OH is 1. The van der Waals surface area contributed by atoms with Crippen molar-refractivity contribution in [1.29, 1.82) is 0 Å². The average molecular weight is 223 g/mol. The van der Waals surface area contributed by atoms with Gasteiger partial charge in [-0.15, -0.1) is 0 Å². The molecule has 0 aliphatic heterocycles. The minimum atomic E-state index is -0.206. The number of hydrogen-bond donors (Lipinski definition) is 2.